The van der Waals surface area contributed by atoms with E-state index in [0.717, 1.165) is 30.2 Å². The summed E-state index contributed by atoms with van der Waals surface area (Å²) in [5.41, 5.74) is 12.0. The molecule has 3 aliphatic rings. The molecule has 0 amide bonds. The number of hydrazone groups is 1. The maximum absolute atomic E-state index is 4.82. The fourth-order valence-corrected chi connectivity index (χ4v) is 3.46. The van der Waals surface area contributed by atoms with Crippen molar-refractivity contribution >= 4 is 11.5 Å². The molecular weight excluding hydrogens is 288 g/mol. The maximum atomic E-state index is 4.82. The maximum Gasteiger partial charge on any atom is 0.179 e. The first kappa shape index (κ1) is 14.4. The van der Waals surface area contributed by atoms with Crippen LogP contribution in [-0.4, -0.2) is 21.0 Å². The quantitative estimate of drug-likeness (QED) is 0.784. The van der Waals surface area contributed by atoms with Gasteiger partial charge in [0.05, 0.1) is 11.2 Å². The predicted octanol–water partition coefficient (Wildman–Crippen LogP) is 2.26. The molecule has 4 rings (SSSR count). The fraction of sp³-hybridized carbons (Fsp3) is 0.471. The van der Waals surface area contributed by atoms with Crippen molar-refractivity contribution in [2.45, 2.75) is 51.7 Å². The Bertz CT molecular complexity index is 742. The molecule has 4 heterocycles. The highest BCUT2D eigenvalue weighted by Gasteiger charge is 2.45. The van der Waals surface area contributed by atoms with E-state index in [1.807, 2.05) is 0 Å². The second kappa shape index (κ2) is 4.64. The first-order valence-corrected chi connectivity index (χ1v) is 8.31. The Morgan fingerprint density at radius 1 is 1.17 bits per heavy atom. The van der Waals surface area contributed by atoms with Gasteiger partial charge in [-0.15, -0.1) is 0 Å². The predicted molar refractivity (Wildman–Crippen MR) is 91.8 cm³/mol. The third-order valence-electron chi connectivity index (χ3n) is 5.41. The molecule has 1 saturated heterocycles. The number of hydrazine groups is 1. The molecular formula is C17H24N6. The van der Waals surface area contributed by atoms with Crippen LogP contribution < -0.4 is 16.3 Å². The lowest BCUT2D eigenvalue weighted by Gasteiger charge is -2.36. The zero-order chi connectivity index (χ0) is 16.2. The number of nitrogens with one attached hydrogen (secondary N) is 3. The van der Waals surface area contributed by atoms with Gasteiger partial charge in [-0.3, -0.25) is 10.3 Å². The van der Waals surface area contributed by atoms with Gasteiger partial charge in [0.15, 0.2) is 5.84 Å². The van der Waals surface area contributed by atoms with Gasteiger partial charge in [-0.2, -0.15) is 5.10 Å². The third kappa shape index (κ3) is 1.81. The summed E-state index contributed by atoms with van der Waals surface area (Å²) in [5.74, 6) is 1.98. The Morgan fingerprint density at radius 2 is 2.00 bits per heavy atom. The number of allylic oxidation sites excluding steroid dienone is 2. The molecule has 0 bridgehead atoms. The Hall–Kier alpha value is -2.21. The Balaban J connectivity index is 1.90. The largest absolute Gasteiger partial charge is 0.315 e. The summed E-state index contributed by atoms with van der Waals surface area (Å²) in [5, 5.41) is 4.82. The van der Waals surface area contributed by atoms with Crippen LogP contribution in [0.4, 0.5) is 0 Å². The first-order chi connectivity index (χ1) is 11.0. The van der Waals surface area contributed by atoms with E-state index in [1.165, 1.54) is 5.69 Å². The molecule has 1 fully saturated rings. The molecule has 6 nitrogen and oxygen atoms in total. The van der Waals surface area contributed by atoms with Gasteiger partial charge < -0.3 is 9.99 Å². The summed E-state index contributed by atoms with van der Waals surface area (Å²) in [4.78, 5) is 2.25. The number of nitrogens with zero attached hydrogens (tertiary/aromatic N) is 3. The normalized spacial score (nSPS) is 31.7. The minimum atomic E-state index is -0.202. The Morgan fingerprint density at radius 3 is 2.74 bits per heavy atom. The van der Waals surface area contributed by atoms with Gasteiger partial charge in [-0.25, -0.2) is 5.43 Å². The van der Waals surface area contributed by atoms with Crippen LogP contribution in [0.25, 0.3) is 5.70 Å². The lowest BCUT2D eigenvalue weighted by molar-refractivity contribution is 0.231. The number of hydrogen-bond acceptors (Lipinski definition) is 5. The van der Waals surface area contributed by atoms with Gasteiger partial charge in [0.1, 0.15) is 11.5 Å². The average Bonchev–Trinajstić information content (AvgIpc) is 3.16. The average molecular weight is 312 g/mol. The van der Waals surface area contributed by atoms with Crippen molar-refractivity contribution in [3.8, 4) is 0 Å². The minimum Gasteiger partial charge on any atom is -0.315 e. The topological polar surface area (TPSA) is 56.6 Å². The van der Waals surface area contributed by atoms with Gasteiger partial charge in [0, 0.05) is 11.9 Å². The van der Waals surface area contributed by atoms with Crippen molar-refractivity contribution in [1.29, 1.82) is 0 Å². The van der Waals surface area contributed by atoms with Gasteiger partial charge in [-0.1, -0.05) is 13.8 Å². The molecule has 122 valence electrons. The molecule has 3 aliphatic heterocycles. The van der Waals surface area contributed by atoms with Crippen LogP contribution in [-0.2, 0) is 5.54 Å². The Kier molecular flexibility index (Phi) is 2.90. The molecule has 1 aromatic rings. The first-order valence-electron chi connectivity index (χ1n) is 8.31. The van der Waals surface area contributed by atoms with Crippen LogP contribution >= 0.6 is 0 Å². The van der Waals surface area contributed by atoms with Crippen LogP contribution in [0.1, 0.15) is 46.2 Å². The molecule has 0 aliphatic carbocycles. The number of rotatable bonds is 2. The summed E-state index contributed by atoms with van der Waals surface area (Å²) >= 11 is 0. The van der Waals surface area contributed by atoms with Crippen LogP contribution in [0.5, 0.6) is 0 Å². The van der Waals surface area contributed by atoms with E-state index < -0.39 is 0 Å². The highest BCUT2D eigenvalue weighted by atomic mass is 15.6. The van der Waals surface area contributed by atoms with Crippen LogP contribution in [0.2, 0.25) is 0 Å². The van der Waals surface area contributed by atoms with E-state index in [-0.39, 0.29) is 11.2 Å². The van der Waals surface area contributed by atoms with Crippen LogP contribution in [0, 0.1) is 0 Å². The molecule has 0 saturated carbocycles. The molecule has 6 heteroatoms. The second-order valence-corrected chi connectivity index (χ2v) is 6.81. The lowest BCUT2D eigenvalue weighted by Crippen LogP contribution is -2.52. The van der Waals surface area contributed by atoms with E-state index in [2.05, 4.69) is 83.9 Å². The monoisotopic (exact) mass is 312 g/mol. The number of amidine groups is 1. The second-order valence-electron chi connectivity index (χ2n) is 6.81. The van der Waals surface area contributed by atoms with E-state index in [1.54, 1.807) is 0 Å². The molecule has 3 N–H and O–H groups in total. The highest BCUT2D eigenvalue weighted by Crippen LogP contribution is 2.36. The van der Waals surface area contributed by atoms with E-state index in [4.69, 9.17) is 5.10 Å². The molecule has 0 aromatic carbocycles. The third-order valence-corrected chi connectivity index (χ3v) is 5.41. The SMILES string of the molecule is CC[C@@]1(C)NNC2=CC=C3C(=NN[C@@](C)(CC)c4cccn43)N21. The molecule has 2 atom stereocenters. The van der Waals surface area contributed by atoms with Crippen molar-refractivity contribution in [2.24, 2.45) is 5.10 Å². The summed E-state index contributed by atoms with van der Waals surface area (Å²) in [6, 6.07) is 4.28. The van der Waals surface area contributed by atoms with E-state index in [9.17, 15) is 0 Å². The standard InChI is InChI=1S/C17H24N6/c1-5-16(3)13-8-7-11-22(13)12-9-10-14-18-21-17(4,6-2)23(14)15(12)19-20-16/h7-11,18,20-21H,5-6H2,1-4H3/t16-,17-/m0/s1. The lowest BCUT2D eigenvalue weighted by atomic mass is 9.95. The summed E-state index contributed by atoms with van der Waals surface area (Å²) in [6.45, 7) is 8.76. The fourth-order valence-electron chi connectivity index (χ4n) is 3.46. The van der Waals surface area contributed by atoms with Crippen molar-refractivity contribution in [3.63, 3.8) is 0 Å². The summed E-state index contributed by atoms with van der Waals surface area (Å²) in [6.07, 6.45) is 8.28. The highest BCUT2D eigenvalue weighted by molar-refractivity contribution is 6.19. The van der Waals surface area contributed by atoms with Crippen molar-refractivity contribution in [2.75, 3.05) is 0 Å². The van der Waals surface area contributed by atoms with Gasteiger partial charge in [0.25, 0.3) is 0 Å². The Labute approximate surface area is 136 Å². The number of hydrogen-bond donors (Lipinski definition) is 3. The summed E-state index contributed by atoms with van der Waals surface area (Å²) < 4.78 is 2.25. The van der Waals surface area contributed by atoms with Gasteiger partial charge >= 0.3 is 0 Å². The van der Waals surface area contributed by atoms with E-state index in [0.29, 0.717) is 0 Å². The minimum absolute atomic E-state index is 0.182. The van der Waals surface area contributed by atoms with Crippen molar-refractivity contribution in [3.05, 3.63) is 42.0 Å². The molecule has 23 heavy (non-hydrogen) atoms. The molecule has 1 aromatic heterocycles. The van der Waals surface area contributed by atoms with Crippen LogP contribution in [0.15, 0.2) is 41.4 Å². The van der Waals surface area contributed by atoms with Crippen molar-refractivity contribution in [1.82, 2.24) is 25.7 Å². The zero-order valence-corrected chi connectivity index (χ0v) is 14.1. The van der Waals surface area contributed by atoms with Crippen molar-refractivity contribution < 1.29 is 0 Å². The van der Waals surface area contributed by atoms with Crippen LogP contribution in [0.3, 0.4) is 0 Å². The van der Waals surface area contributed by atoms with E-state index >= 15 is 0 Å². The molecule has 0 spiro atoms. The number of aromatic nitrogens is 1. The summed E-state index contributed by atoms with van der Waals surface area (Å²) in [7, 11) is 0. The van der Waals surface area contributed by atoms with Gasteiger partial charge in [-0.05, 0) is 51.0 Å². The molecule has 0 unspecified atom stereocenters. The zero-order valence-electron chi connectivity index (χ0n) is 14.1. The molecule has 0 radical (unpaired) electrons. The number of fused-ring (bicyclic) bond motifs is 5. The smallest absolute Gasteiger partial charge is 0.179 e. The van der Waals surface area contributed by atoms with Gasteiger partial charge in [0.2, 0.25) is 0 Å².